The predicted octanol–water partition coefficient (Wildman–Crippen LogP) is -2.83. The molecular formula is Fe2O4P+. The van der Waals surface area contributed by atoms with Gasteiger partial charge >= 0.3 is 34.1 Å². The van der Waals surface area contributed by atoms with Crippen molar-refractivity contribution >= 4 is 7.82 Å². The molecule has 44 valence electrons. The van der Waals surface area contributed by atoms with Crippen molar-refractivity contribution in [2.75, 3.05) is 0 Å². The van der Waals surface area contributed by atoms with Gasteiger partial charge in [0.25, 0.3) is 0 Å². The molecule has 0 radical (unpaired) electrons. The van der Waals surface area contributed by atoms with E-state index in [0.717, 1.165) is 0 Å². The van der Waals surface area contributed by atoms with Crippen LogP contribution in [0.5, 0.6) is 0 Å². The number of rotatable bonds is 0. The Bertz CT molecular complexity index is 55.8. The van der Waals surface area contributed by atoms with Gasteiger partial charge in [-0.2, -0.15) is 7.82 Å². The molecule has 0 aliphatic heterocycles. The van der Waals surface area contributed by atoms with Gasteiger partial charge in [0.1, 0.15) is 0 Å². The maximum Gasteiger partial charge on any atom is 2.00 e. The first-order valence-corrected chi connectivity index (χ1v) is 2.19. The van der Waals surface area contributed by atoms with E-state index in [2.05, 4.69) is 0 Å². The fourth-order valence-electron chi connectivity index (χ4n) is 0. The summed E-state index contributed by atoms with van der Waals surface area (Å²) in [6.07, 6.45) is 0. The van der Waals surface area contributed by atoms with Crippen LogP contribution >= 0.6 is 7.82 Å². The van der Waals surface area contributed by atoms with Crippen LogP contribution in [-0.4, -0.2) is 0 Å². The molecule has 0 aromatic rings. The zero-order valence-corrected chi connectivity index (χ0v) is 5.89. The summed E-state index contributed by atoms with van der Waals surface area (Å²) in [5.41, 5.74) is 0. The largest absolute Gasteiger partial charge is 2.00 e. The molecule has 4 nitrogen and oxygen atoms in total. The van der Waals surface area contributed by atoms with Crippen LogP contribution in [0.1, 0.15) is 0 Å². The van der Waals surface area contributed by atoms with Gasteiger partial charge in [0, 0.05) is 0 Å². The molecule has 0 amide bonds. The molecule has 0 atom stereocenters. The molecule has 0 bridgehead atoms. The topological polar surface area (TPSA) is 86.2 Å². The van der Waals surface area contributed by atoms with E-state index in [9.17, 15) is 0 Å². The summed E-state index contributed by atoms with van der Waals surface area (Å²) in [4.78, 5) is 25.6. The van der Waals surface area contributed by atoms with Crippen molar-refractivity contribution in [3.05, 3.63) is 0 Å². The third kappa shape index (κ3) is 144. The summed E-state index contributed by atoms with van der Waals surface area (Å²) in [6.45, 7) is 0. The average Bonchev–Trinajstić information content (AvgIpc) is 0.722. The van der Waals surface area contributed by atoms with Crippen molar-refractivity contribution in [2.45, 2.75) is 0 Å². The molecule has 0 rings (SSSR count). The molecule has 0 spiro atoms. The Morgan fingerprint density at radius 3 is 1.00 bits per heavy atom. The molecule has 0 N–H and O–H groups in total. The number of hydrogen-bond donors (Lipinski definition) is 0. The van der Waals surface area contributed by atoms with E-state index in [1.54, 1.807) is 0 Å². The molecule has 0 saturated heterocycles. The predicted molar refractivity (Wildman–Crippen MR) is 7.61 cm³/mol. The molecule has 0 heterocycles. The van der Waals surface area contributed by atoms with E-state index < -0.39 is 7.82 Å². The zero-order chi connectivity index (χ0) is 4.50. The van der Waals surface area contributed by atoms with Crippen molar-refractivity contribution in [3.63, 3.8) is 0 Å². The van der Waals surface area contributed by atoms with Gasteiger partial charge in [0.15, 0.2) is 0 Å². The minimum Gasteiger partial charge on any atom is -0.822 e. The fourth-order valence-corrected chi connectivity index (χ4v) is 0. The molecule has 0 aliphatic rings. The SMILES string of the molecule is O=P([O-])([O-])[O-].[Fe+2].[Fe+2]. The van der Waals surface area contributed by atoms with E-state index in [1.165, 1.54) is 0 Å². The van der Waals surface area contributed by atoms with Gasteiger partial charge in [0.05, 0.1) is 0 Å². The van der Waals surface area contributed by atoms with Gasteiger partial charge in [0.2, 0.25) is 0 Å². The Kier molecular flexibility index (Phi) is 11.9. The molecule has 0 fully saturated rings. The quantitative estimate of drug-likeness (QED) is 0.316. The second kappa shape index (κ2) is 5.29. The van der Waals surface area contributed by atoms with Crippen molar-refractivity contribution < 1.29 is 53.4 Å². The van der Waals surface area contributed by atoms with E-state index in [-0.39, 0.29) is 34.1 Å². The van der Waals surface area contributed by atoms with Crippen LogP contribution in [0.25, 0.3) is 0 Å². The minimum absolute atomic E-state index is 0. The van der Waals surface area contributed by atoms with E-state index in [4.69, 9.17) is 19.2 Å². The number of phosphoric acid groups is 1. The van der Waals surface area contributed by atoms with Crippen molar-refractivity contribution in [2.24, 2.45) is 0 Å². The second-order valence-corrected chi connectivity index (χ2v) is 1.34. The van der Waals surface area contributed by atoms with Gasteiger partial charge in [-0.05, 0) is 0 Å². The molecule has 7 heavy (non-hydrogen) atoms. The Morgan fingerprint density at radius 2 is 1.00 bits per heavy atom. The van der Waals surface area contributed by atoms with Crippen LogP contribution in [-0.2, 0) is 38.7 Å². The van der Waals surface area contributed by atoms with E-state index >= 15 is 0 Å². The molecule has 0 aliphatic carbocycles. The minimum atomic E-state index is -5.39. The van der Waals surface area contributed by atoms with Gasteiger partial charge in [-0.3, -0.25) is 0 Å². The Labute approximate surface area is 61.5 Å². The third-order valence-electron chi connectivity index (χ3n) is 0. The van der Waals surface area contributed by atoms with Crippen LogP contribution < -0.4 is 14.7 Å². The first-order chi connectivity index (χ1) is 2.00. The van der Waals surface area contributed by atoms with Crippen molar-refractivity contribution in [1.29, 1.82) is 0 Å². The van der Waals surface area contributed by atoms with Crippen molar-refractivity contribution in [1.82, 2.24) is 0 Å². The van der Waals surface area contributed by atoms with Crippen LogP contribution in [0.15, 0.2) is 0 Å². The standard InChI is InChI=1S/2Fe.H3O4P/c;;1-5(2,3)4/h;;(H3,1,2,3,4)/q2*+2;/p-3. The molecule has 0 aromatic heterocycles. The Balaban J connectivity index is -0.0000000800. The molecular weight excluding hydrogens is 207 g/mol. The third-order valence-corrected chi connectivity index (χ3v) is 0. The normalized spacial score (nSPS) is 8.43. The van der Waals surface area contributed by atoms with Crippen LogP contribution in [0.3, 0.4) is 0 Å². The van der Waals surface area contributed by atoms with E-state index in [0.29, 0.717) is 0 Å². The first-order valence-electron chi connectivity index (χ1n) is 0.730. The van der Waals surface area contributed by atoms with Crippen LogP contribution in [0.4, 0.5) is 0 Å². The maximum absolute atomic E-state index is 8.55. The second-order valence-electron chi connectivity index (χ2n) is 0.447. The monoisotopic (exact) mass is 207 g/mol. The van der Waals surface area contributed by atoms with Crippen LogP contribution in [0, 0.1) is 0 Å². The zero-order valence-electron chi connectivity index (χ0n) is 2.79. The summed E-state index contributed by atoms with van der Waals surface area (Å²) >= 11 is 0. The average molecular weight is 207 g/mol. The smallest absolute Gasteiger partial charge is 0.822 e. The van der Waals surface area contributed by atoms with Gasteiger partial charge in [-0.25, -0.2) is 0 Å². The van der Waals surface area contributed by atoms with E-state index in [1.807, 2.05) is 0 Å². The Hall–Kier alpha value is 1.15. The molecule has 0 aromatic carbocycles. The van der Waals surface area contributed by atoms with Crippen molar-refractivity contribution in [3.8, 4) is 0 Å². The summed E-state index contributed by atoms with van der Waals surface area (Å²) in [5.74, 6) is 0. The summed E-state index contributed by atoms with van der Waals surface area (Å²) in [7, 11) is -5.39. The Morgan fingerprint density at radius 1 is 1.00 bits per heavy atom. The molecule has 7 heteroatoms. The van der Waals surface area contributed by atoms with Gasteiger partial charge < -0.3 is 19.2 Å². The number of hydrogen-bond acceptors (Lipinski definition) is 4. The summed E-state index contributed by atoms with van der Waals surface area (Å²) < 4.78 is 8.55. The summed E-state index contributed by atoms with van der Waals surface area (Å²) in [5, 5.41) is 0. The van der Waals surface area contributed by atoms with Gasteiger partial charge in [-0.1, -0.05) is 0 Å². The molecule has 0 unspecified atom stereocenters. The first kappa shape index (κ1) is 15.7. The summed E-state index contributed by atoms with van der Waals surface area (Å²) in [6, 6.07) is 0. The van der Waals surface area contributed by atoms with Crippen LogP contribution in [0.2, 0.25) is 0 Å². The molecule has 0 saturated carbocycles. The maximum atomic E-state index is 8.55. The van der Waals surface area contributed by atoms with Gasteiger partial charge in [-0.15, -0.1) is 0 Å². The fraction of sp³-hybridized carbons (Fsp3) is 0.